The molecular formula is C20H20N6OS. The fourth-order valence-electron chi connectivity index (χ4n) is 2.69. The van der Waals surface area contributed by atoms with Crippen LogP contribution in [0.4, 0.5) is 0 Å². The van der Waals surface area contributed by atoms with Crippen LogP contribution in [0.2, 0.25) is 0 Å². The number of hydrogen-bond donors (Lipinski definition) is 0. The van der Waals surface area contributed by atoms with Crippen LogP contribution in [0.15, 0.2) is 58.2 Å². The molecule has 0 bridgehead atoms. The molecule has 4 rings (SSSR count). The van der Waals surface area contributed by atoms with Crippen LogP contribution >= 0.6 is 11.8 Å². The van der Waals surface area contributed by atoms with Gasteiger partial charge in [-0.1, -0.05) is 60.6 Å². The van der Waals surface area contributed by atoms with Crippen molar-refractivity contribution in [1.82, 2.24) is 30.3 Å². The molecule has 0 radical (unpaired) electrons. The summed E-state index contributed by atoms with van der Waals surface area (Å²) in [5, 5.41) is 16.8. The van der Waals surface area contributed by atoms with Crippen molar-refractivity contribution in [3.8, 4) is 17.1 Å². The summed E-state index contributed by atoms with van der Waals surface area (Å²) in [5.74, 6) is 2.11. The fraction of sp³-hybridized carbons (Fsp3) is 0.250. The molecule has 2 aromatic heterocycles. The van der Waals surface area contributed by atoms with Gasteiger partial charge in [0.05, 0.1) is 11.4 Å². The zero-order valence-electron chi connectivity index (χ0n) is 15.9. The van der Waals surface area contributed by atoms with Crippen molar-refractivity contribution in [3.05, 3.63) is 65.5 Å². The molecular weight excluding hydrogens is 372 g/mol. The largest absolute Gasteiger partial charge is 0.334 e. The molecule has 0 saturated carbocycles. The number of aryl methyl sites for hydroxylation is 1. The maximum Gasteiger partial charge on any atom is 0.257 e. The molecule has 0 atom stereocenters. The molecule has 2 aromatic carbocycles. The summed E-state index contributed by atoms with van der Waals surface area (Å²) in [5.41, 5.74) is 4.29. The Labute approximate surface area is 167 Å². The van der Waals surface area contributed by atoms with E-state index in [9.17, 15) is 0 Å². The quantitative estimate of drug-likeness (QED) is 0.449. The summed E-state index contributed by atoms with van der Waals surface area (Å²) >= 11 is 1.46. The van der Waals surface area contributed by atoms with E-state index in [4.69, 9.17) is 4.52 Å². The summed E-state index contributed by atoms with van der Waals surface area (Å²) in [6, 6.07) is 16.2. The minimum absolute atomic E-state index is 0.484. The van der Waals surface area contributed by atoms with Crippen molar-refractivity contribution < 1.29 is 4.52 Å². The highest BCUT2D eigenvalue weighted by atomic mass is 32.2. The van der Waals surface area contributed by atoms with E-state index in [-0.39, 0.29) is 0 Å². The van der Waals surface area contributed by atoms with E-state index in [0.29, 0.717) is 28.5 Å². The molecule has 8 heteroatoms. The van der Waals surface area contributed by atoms with Gasteiger partial charge in [0.25, 0.3) is 5.89 Å². The van der Waals surface area contributed by atoms with Crippen LogP contribution < -0.4 is 0 Å². The Morgan fingerprint density at radius 2 is 1.79 bits per heavy atom. The van der Waals surface area contributed by atoms with E-state index in [2.05, 4.69) is 51.6 Å². The molecule has 4 aromatic rings. The van der Waals surface area contributed by atoms with E-state index in [1.165, 1.54) is 22.9 Å². The molecule has 28 heavy (non-hydrogen) atoms. The highest BCUT2D eigenvalue weighted by Gasteiger charge is 2.13. The second-order valence-electron chi connectivity index (χ2n) is 6.79. The Hall–Kier alpha value is -3.00. The predicted octanol–water partition coefficient (Wildman–Crippen LogP) is 4.44. The maximum atomic E-state index is 5.38. The molecule has 0 aliphatic rings. The first kappa shape index (κ1) is 18.4. The molecule has 7 nitrogen and oxygen atoms in total. The summed E-state index contributed by atoms with van der Waals surface area (Å²) < 4.78 is 7.10. The number of thioether (sulfide) groups is 1. The highest BCUT2D eigenvalue weighted by Crippen LogP contribution is 2.24. The Bertz CT molecular complexity index is 1050. The summed E-state index contributed by atoms with van der Waals surface area (Å²) in [6.07, 6.45) is 0. The number of hydrogen-bond acceptors (Lipinski definition) is 7. The van der Waals surface area contributed by atoms with Crippen LogP contribution in [0.25, 0.3) is 17.1 Å². The summed E-state index contributed by atoms with van der Waals surface area (Å²) in [7, 11) is 0. The third kappa shape index (κ3) is 3.96. The van der Waals surface area contributed by atoms with Gasteiger partial charge in [-0.3, -0.25) is 0 Å². The van der Waals surface area contributed by atoms with Crippen LogP contribution in [0.1, 0.15) is 36.7 Å². The lowest BCUT2D eigenvalue weighted by Gasteiger charge is -2.07. The van der Waals surface area contributed by atoms with Gasteiger partial charge in [0.2, 0.25) is 5.16 Å². The average Bonchev–Trinajstić information content (AvgIpc) is 3.36. The summed E-state index contributed by atoms with van der Waals surface area (Å²) in [4.78, 5) is 4.47. The maximum absolute atomic E-state index is 5.38. The third-order valence-electron chi connectivity index (χ3n) is 4.34. The van der Waals surface area contributed by atoms with Crippen molar-refractivity contribution >= 4 is 11.8 Å². The van der Waals surface area contributed by atoms with Crippen molar-refractivity contribution in [2.75, 3.05) is 0 Å². The standard InChI is InChI=1S/C20H20N6OS/c1-13(2)15-8-10-17(11-9-15)26-20(22-24-25-26)28-12-18-21-19(27-23-18)16-6-4-14(3)5-7-16/h4-11,13H,12H2,1-3H3. The molecule has 2 heterocycles. The monoisotopic (exact) mass is 392 g/mol. The smallest absolute Gasteiger partial charge is 0.257 e. The first-order valence-corrected chi connectivity index (χ1v) is 10.00. The van der Waals surface area contributed by atoms with Crippen molar-refractivity contribution in [2.45, 2.75) is 37.6 Å². The molecule has 142 valence electrons. The van der Waals surface area contributed by atoms with Crippen LogP contribution in [0.3, 0.4) is 0 Å². The van der Waals surface area contributed by atoms with Crippen LogP contribution in [-0.4, -0.2) is 30.3 Å². The zero-order valence-corrected chi connectivity index (χ0v) is 16.7. The lowest BCUT2D eigenvalue weighted by atomic mass is 10.0. The van der Waals surface area contributed by atoms with Crippen LogP contribution in [0, 0.1) is 6.92 Å². The van der Waals surface area contributed by atoms with Gasteiger partial charge in [-0.05, 0) is 53.1 Å². The number of rotatable bonds is 6. The fourth-order valence-corrected chi connectivity index (χ4v) is 3.42. The van der Waals surface area contributed by atoms with Crippen molar-refractivity contribution in [2.24, 2.45) is 0 Å². The number of nitrogens with zero attached hydrogens (tertiary/aromatic N) is 6. The Balaban J connectivity index is 1.46. The number of aromatic nitrogens is 6. The Morgan fingerprint density at radius 1 is 1.04 bits per heavy atom. The molecule has 0 aliphatic carbocycles. The normalized spacial score (nSPS) is 11.3. The topological polar surface area (TPSA) is 82.5 Å². The second-order valence-corrected chi connectivity index (χ2v) is 7.73. The minimum atomic E-state index is 0.484. The van der Waals surface area contributed by atoms with Crippen molar-refractivity contribution in [3.63, 3.8) is 0 Å². The van der Waals surface area contributed by atoms with E-state index < -0.39 is 0 Å². The van der Waals surface area contributed by atoms with E-state index in [0.717, 1.165) is 11.3 Å². The Kier molecular flexibility index (Phi) is 5.21. The van der Waals surface area contributed by atoms with E-state index in [1.807, 2.05) is 43.3 Å². The molecule has 0 unspecified atom stereocenters. The molecule has 0 spiro atoms. The van der Waals surface area contributed by atoms with Gasteiger partial charge in [-0.2, -0.15) is 9.67 Å². The van der Waals surface area contributed by atoms with Gasteiger partial charge < -0.3 is 4.52 Å². The van der Waals surface area contributed by atoms with Gasteiger partial charge in [0, 0.05) is 5.56 Å². The number of benzene rings is 2. The predicted molar refractivity (Wildman–Crippen MR) is 107 cm³/mol. The molecule has 0 saturated heterocycles. The number of tetrazole rings is 1. The first-order valence-electron chi connectivity index (χ1n) is 9.01. The highest BCUT2D eigenvalue weighted by molar-refractivity contribution is 7.98. The van der Waals surface area contributed by atoms with Crippen LogP contribution in [-0.2, 0) is 5.75 Å². The third-order valence-corrected chi connectivity index (χ3v) is 5.26. The average molecular weight is 392 g/mol. The first-order chi connectivity index (χ1) is 13.6. The van der Waals surface area contributed by atoms with E-state index in [1.54, 1.807) is 4.68 Å². The van der Waals surface area contributed by atoms with E-state index >= 15 is 0 Å². The second kappa shape index (κ2) is 7.93. The van der Waals surface area contributed by atoms with Gasteiger partial charge >= 0.3 is 0 Å². The SMILES string of the molecule is Cc1ccc(-c2nc(CSc3nnnn3-c3ccc(C(C)C)cc3)no2)cc1. The minimum Gasteiger partial charge on any atom is -0.334 e. The van der Waals surface area contributed by atoms with Gasteiger partial charge in [-0.25, -0.2) is 0 Å². The molecule has 0 amide bonds. The molecule has 0 fully saturated rings. The Morgan fingerprint density at radius 3 is 2.50 bits per heavy atom. The molecule has 0 N–H and O–H groups in total. The van der Waals surface area contributed by atoms with Gasteiger partial charge in [0.1, 0.15) is 0 Å². The summed E-state index contributed by atoms with van der Waals surface area (Å²) in [6.45, 7) is 6.38. The lowest BCUT2D eigenvalue weighted by molar-refractivity contribution is 0.425. The van der Waals surface area contributed by atoms with Gasteiger partial charge in [-0.15, -0.1) is 5.10 Å². The van der Waals surface area contributed by atoms with Crippen LogP contribution in [0.5, 0.6) is 0 Å². The lowest BCUT2D eigenvalue weighted by Crippen LogP contribution is -2.00. The molecule has 0 aliphatic heterocycles. The van der Waals surface area contributed by atoms with Gasteiger partial charge in [0.15, 0.2) is 5.82 Å². The van der Waals surface area contributed by atoms with Crippen molar-refractivity contribution in [1.29, 1.82) is 0 Å². The zero-order chi connectivity index (χ0) is 19.5.